The number of hydrogen-bond donors (Lipinski definition) is 4. The van der Waals surface area contributed by atoms with E-state index in [1.54, 1.807) is 0 Å². The molecule has 3 rings (SSSR count). The average Bonchev–Trinajstić information content (AvgIpc) is 2.76. The number of aromatic carboxylic acids is 2. The van der Waals surface area contributed by atoms with Gasteiger partial charge in [-0.2, -0.15) is 0 Å². The summed E-state index contributed by atoms with van der Waals surface area (Å²) in [6.07, 6.45) is 0. The highest BCUT2D eigenvalue weighted by Gasteiger charge is 2.06. The first-order valence-corrected chi connectivity index (χ1v) is 8.34. The summed E-state index contributed by atoms with van der Waals surface area (Å²) in [6, 6.07) is 24.2. The molecular formula is C22H22O6. The Bertz CT molecular complexity index is 778. The van der Waals surface area contributed by atoms with Gasteiger partial charge in [-0.05, 0) is 29.3 Å². The molecule has 0 spiro atoms. The third kappa shape index (κ3) is 8.75. The van der Waals surface area contributed by atoms with E-state index in [9.17, 15) is 9.59 Å². The number of benzene rings is 3. The maximum Gasteiger partial charge on any atom is 0.335 e. The van der Waals surface area contributed by atoms with Crippen LogP contribution in [-0.2, 0) is 13.2 Å². The van der Waals surface area contributed by atoms with Gasteiger partial charge >= 0.3 is 11.9 Å². The zero-order valence-electron chi connectivity index (χ0n) is 15.1. The van der Waals surface area contributed by atoms with Gasteiger partial charge < -0.3 is 20.4 Å². The van der Waals surface area contributed by atoms with E-state index < -0.39 is 11.9 Å². The Morgan fingerprint density at radius 2 is 0.929 bits per heavy atom. The van der Waals surface area contributed by atoms with Crippen LogP contribution >= 0.6 is 0 Å². The fourth-order valence-corrected chi connectivity index (χ4v) is 1.95. The molecule has 0 atom stereocenters. The van der Waals surface area contributed by atoms with E-state index in [4.69, 9.17) is 20.4 Å². The van der Waals surface area contributed by atoms with Crippen LogP contribution in [0.15, 0.2) is 84.9 Å². The van der Waals surface area contributed by atoms with Gasteiger partial charge in [0.1, 0.15) is 0 Å². The molecule has 146 valence electrons. The van der Waals surface area contributed by atoms with Crippen molar-refractivity contribution in [3.63, 3.8) is 0 Å². The lowest BCUT2D eigenvalue weighted by Gasteiger charge is -1.95. The van der Waals surface area contributed by atoms with Crippen molar-refractivity contribution in [2.75, 3.05) is 0 Å². The van der Waals surface area contributed by atoms with Crippen LogP contribution < -0.4 is 0 Å². The van der Waals surface area contributed by atoms with Gasteiger partial charge in [0, 0.05) is 0 Å². The van der Waals surface area contributed by atoms with Crippen LogP contribution in [0, 0.1) is 0 Å². The molecule has 0 unspecified atom stereocenters. The van der Waals surface area contributed by atoms with Gasteiger partial charge in [0.05, 0.1) is 24.3 Å². The Balaban J connectivity index is 0.000000217. The molecule has 0 bridgehead atoms. The number of aliphatic hydroxyl groups excluding tert-OH is 2. The molecule has 6 heteroatoms. The van der Waals surface area contributed by atoms with E-state index in [0.29, 0.717) is 0 Å². The molecule has 0 amide bonds. The van der Waals surface area contributed by atoms with Crippen LogP contribution in [0.2, 0.25) is 0 Å². The Labute approximate surface area is 163 Å². The van der Waals surface area contributed by atoms with Crippen molar-refractivity contribution in [1.82, 2.24) is 0 Å². The van der Waals surface area contributed by atoms with Crippen LogP contribution in [0.5, 0.6) is 0 Å². The minimum atomic E-state index is -1.13. The molecule has 6 nitrogen and oxygen atoms in total. The summed E-state index contributed by atoms with van der Waals surface area (Å²) in [5.41, 5.74) is 1.89. The summed E-state index contributed by atoms with van der Waals surface area (Å²) >= 11 is 0. The summed E-state index contributed by atoms with van der Waals surface area (Å²) in [7, 11) is 0. The van der Waals surface area contributed by atoms with Crippen molar-refractivity contribution >= 4 is 11.9 Å². The lowest BCUT2D eigenvalue weighted by atomic mass is 10.1. The quantitative estimate of drug-likeness (QED) is 0.549. The smallest absolute Gasteiger partial charge is 0.335 e. The second-order valence-electron chi connectivity index (χ2n) is 5.48. The third-order valence-electron chi connectivity index (χ3n) is 3.41. The van der Waals surface area contributed by atoms with E-state index in [0.717, 1.165) is 17.2 Å². The Morgan fingerprint density at radius 3 is 1.18 bits per heavy atom. The third-order valence-corrected chi connectivity index (χ3v) is 3.41. The van der Waals surface area contributed by atoms with Gasteiger partial charge in [0.15, 0.2) is 0 Å². The first-order valence-electron chi connectivity index (χ1n) is 8.34. The zero-order chi connectivity index (χ0) is 20.8. The lowest BCUT2D eigenvalue weighted by molar-refractivity contribution is 0.0696. The number of rotatable bonds is 4. The molecule has 28 heavy (non-hydrogen) atoms. The zero-order valence-corrected chi connectivity index (χ0v) is 15.1. The number of carboxylic acids is 2. The van der Waals surface area contributed by atoms with Crippen molar-refractivity contribution in [3.05, 3.63) is 107 Å². The van der Waals surface area contributed by atoms with E-state index in [1.807, 2.05) is 60.7 Å². The molecule has 0 aliphatic heterocycles. The van der Waals surface area contributed by atoms with Crippen molar-refractivity contribution in [2.45, 2.75) is 13.2 Å². The largest absolute Gasteiger partial charge is 0.478 e. The summed E-state index contributed by atoms with van der Waals surface area (Å²) < 4.78 is 0. The predicted octanol–water partition coefficient (Wildman–Crippen LogP) is 3.44. The highest BCUT2D eigenvalue weighted by molar-refractivity contribution is 5.93. The first-order chi connectivity index (χ1) is 13.5. The molecule has 0 saturated heterocycles. The molecule has 3 aromatic rings. The SMILES string of the molecule is O=C(O)c1cccc(C(=O)O)c1.OCc1ccccc1.OCc1ccccc1. The molecule has 0 radical (unpaired) electrons. The molecule has 0 aliphatic rings. The summed E-state index contributed by atoms with van der Waals surface area (Å²) in [5.74, 6) is -2.25. The number of carboxylic acid groups (broad SMARTS) is 2. The molecule has 0 fully saturated rings. The van der Waals surface area contributed by atoms with Gasteiger partial charge in [-0.3, -0.25) is 0 Å². The minimum Gasteiger partial charge on any atom is -0.478 e. The topological polar surface area (TPSA) is 115 Å². The van der Waals surface area contributed by atoms with Crippen molar-refractivity contribution < 1.29 is 30.0 Å². The van der Waals surface area contributed by atoms with Gasteiger partial charge in [-0.1, -0.05) is 66.7 Å². The van der Waals surface area contributed by atoms with Crippen LogP contribution in [0.1, 0.15) is 31.8 Å². The van der Waals surface area contributed by atoms with Crippen LogP contribution in [-0.4, -0.2) is 32.4 Å². The number of hydrogen-bond acceptors (Lipinski definition) is 4. The summed E-state index contributed by atoms with van der Waals surface area (Å²) in [4.78, 5) is 20.8. The van der Waals surface area contributed by atoms with Crippen molar-refractivity contribution in [3.8, 4) is 0 Å². The van der Waals surface area contributed by atoms with Crippen molar-refractivity contribution in [2.24, 2.45) is 0 Å². The van der Waals surface area contributed by atoms with Crippen molar-refractivity contribution in [1.29, 1.82) is 0 Å². The molecule has 3 aromatic carbocycles. The Morgan fingerprint density at radius 1 is 0.571 bits per heavy atom. The molecule has 0 saturated carbocycles. The fourth-order valence-electron chi connectivity index (χ4n) is 1.95. The maximum absolute atomic E-state index is 10.4. The van der Waals surface area contributed by atoms with Gasteiger partial charge in [0.25, 0.3) is 0 Å². The molecule has 0 aromatic heterocycles. The second-order valence-corrected chi connectivity index (χ2v) is 5.48. The molecule has 0 aliphatic carbocycles. The number of carbonyl (C=O) groups is 2. The standard InChI is InChI=1S/C8H6O4.2C7H8O/c9-7(10)5-2-1-3-6(4-5)8(11)12;2*8-6-7-4-2-1-3-5-7/h1-4H,(H,9,10)(H,11,12);2*1-5,8H,6H2. The molecule has 0 heterocycles. The maximum atomic E-state index is 10.4. The number of aliphatic hydroxyl groups is 2. The van der Waals surface area contributed by atoms with Crippen LogP contribution in [0.25, 0.3) is 0 Å². The van der Waals surface area contributed by atoms with E-state index in [-0.39, 0.29) is 24.3 Å². The molecular weight excluding hydrogens is 360 g/mol. The average molecular weight is 382 g/mol. The lowest BCUT2D eigenvalue weighted by Crippen LogP contribution is -2.01. The van der Waals surface area contributed by atoms with E-state index in [1.165, 1.54) is 18.2 Å². The van der Waals surface area contributed by atoms with E-state index in [2.05, 4.69) is 0 Å². The summed E-state index contributed by atoms with van der Waals surface area (Å²) in [6.45, 7) is 0.279. The van der Waals surface area contributed by atoms with Gasteiger partial charge in [-0.25, -0.2) is 9.59 Å². The highest BCUT2D eigenvalue weighted by atomic mass is 16.4. The first kappa shape index (κ1) is 22.6. The minimum absolute atomic E-state index is 0.0186. The van der Waals surface area contributed by atoms with Gasteiger partial charge in [-0.15, -0.1) is 0 Å². The molecule has 4 N–H and O–H groups in total. The van der Waals surface area contributed by atoms with E-state index >= 15 is 0 Å². The monoisotopic (exact) mass is 382 g/mol. The Hall–Kier alpha value is -3.48. The predicted molar refractivity (Wildman–Crippen MR) is 105 cm³/mol. The Kier molecular flexibility index (Phi) is 10.3. The van der Waals surface area contributed by atoms with Gasteiger partial charge in [0.2, 0.25) is 0 Å². The fraction of sp³-hybridized carbons (Fsp3) is 0.0909. The highest BCUT2D eigenvalue weighted by Crippen LogP contribution is 2.04. The normalized spacial score (nSPS) is 9.21. The van der Waals surface area contributed by atoms with Crippen LogP contribution in [0.3, 0.4) is 0 Å². The summed E-state index contributed by atoms with van der Waals surface area (Å²) in [5, 5.41) is 34.1. The van der Waals surface area contributed by atoms with Crippen LogP contribution in [0.4, 0.5) is 0 Å². The second kappa shape index (κ2) is 12.8.